The van der Waals surface area contributed by atoms with E-state index >= 15 is 0 Å². The second-order valence-corrected chi connectivity index (χ2v) is 5.80. The van der Waals surface area contributed by atoms with Crippen molar-refractivity contribution >= 4 is 17.9 Å². The first-order valence-corrected chi connectivity index (χ1v) is 5.62. The van der Waals surface area contributed by atoms with Crippen LogP contribution in [0.3, 0.4) is 0 Å². The lowest BCUT2D eigenvalue weighted by Crippen LogP contribution is -2.41. The summed E-state index contributed by atoms with van der Waals surface area (Å²) < 4.78 is 5.02. The lowest BCUT2D eigenvalue weighted by atomic mass is 9.95. The fourth-order valence-corrected chi connectivity index (χ4v) is 3.42. The average Bonchev–Trinajstić information content (AvgIpc) is 2.51. The van der Waals surface area contributed by atoms with Crippen LogP contribution < -0.4 is 0 Å². The van der Waals surface area contributed by atoms with Gasteiger partial charge in [0.2, 0.25) is 0 Å². The second-order valence-electron chi connectivity index (χ2n) is 4.69. The number of cyclic esters (lactones) is 1. The number of hydrogen-bond donors (Lipinski definition) is 0. The first-order valence-electron chi connectivity index (χ1n) is 4.57. The Bertz CT molecular complexity index is 236. The summed E-state index contributed by atoms with van der Waals surface area (Å²) in [6, 6.07) is 0.321. The zero-order valence-corrected chi connectivity index (χ0v) is 9.06. The van der Waals surface area contributed by atoms with E-state index < -0.39 is 0 Å². The van der Waals surface area contributed by atoms with E-state index in [2.05, 4.69) is 20.8 Å². The maximum Gasteiger partial charge on any atom is 0.411 e. The predicted molar refractivity (Wildman–Crippen MR) is 52.7 cm³/mol. The molecule has 0 aromatic rings. The highest BCUT2D eigenvalue weighted by Crippen LogP contribution is 2.42. The van der Waals surface area contributed by atoms with E-state index in [4.69, 9.17) is 4.74 Å². The van der Waals surface area contributed by atoms with Gasteiger partial charge in [-0.1, -0.05) is 20.8 Å². The van der Waals surface area contributed by atoms with Crippen molar-refractivity contribution in [3.05, 3.63) is 0 Å². The largest absolute Gasteiger partial charge is 0.447 e. The summed E-state index contributed by atoms with van der Waals surface area (Å²) in [5.74, 6) is 1.02. The van der Waals surface area contributed by atoms with Crippen LogP contribution in [0.2, 0.25) is 0 Å². The van der Waals surface area contributed by atoms with Crippen LogP contribution in [-0.4, -0.2) is 34.8 Å². The highest BCUT2D eigenvalue weighted by molar-refractivity contribution is 8.00. The molecule has 13 heavy (non-hydrogen) atoms. The number of rotatable bonds is 0. The molecule has 0 aliphatic carbocycles. The molecule has 4 heteroatoms. The van der Waals surface area contributed by atoms with E-state index in [1.165, 1.54) is 0 Å². The molecule has 0 saturated carbocycles. The fraction of sp³-hybridized carbons (Fsp3) is 0.889. The Balaban J connectivity index is 2.19. The number of ether oxygens (including phenoxy) is 1. The van der Waals surface area contributed by atoms with Gasteiger partial charge in [0.1, 0.15) is 6.61 Å². The number of thioether (sulfide) groups is 1. The van der Waals surface area contributed by atoms with Crippen molar-refractivity contribution in [2.75, 3.05) is 12.4 Å². The van der Waals surface area contributed by atoms with Crippen LogP contribution in [-0.2, 0) is 4.74 Å². The molecule has 0 aromatic heterocycles. The minimum Gasteiger partial charge on any atom is -0.447 e. The molecule has 2 aliphatic rings. The SMILES string of the molecule is CC(C)(C)[C@@H]1SC[C@H]2COC(=O)N21. The van der Waals surface area contributed by atoms with E-state index in [0.717, 1.165) is 5.75 Å². The van der Waals surface area contributed by atoms with Gasteiger partial charge in [-0.25, -0.2) is 4.79 Å². The molecule has 3 nitrogen and oxygen atoms in total. The molecule has 1 amide bonds. The summed E-state index contributed by atoms with van der Waals surface area (Å²) in [7, 11) is 0. The molecule has 0 spiro atoms. The number of carbonyl (C=O) groups is 1. The van der Waals surface area contributed by atoms with Crippen LogP contribution in [0, 0.1) is 5.41 Å². The van der Waals surface area contributed by atoms with Gasteiger partial charge in [-0.05, 0) is 5.41 Å². The number of nitrogens with zero attached hydrogens (tertiary/aromatic N) is 1. The molecule has 2 heterocycles. The van der Waals surface area contributed by atoms with Crippen LogP contribution in [0.4, 0.5) is 4.79 Å². The molecule has 2 atom stereocenters. The molecule has 0 radical (unpaired) electrons. The Labute approximate surface area is 82.8 Å². The van der Waals surface area contributed by atoms with Gasteiger partial charge >= 0.3 is 6.09 Å². The number of fused-ring (bicyclic) bond motifs is 1. The van der Waals surface area contributed by atoms with Crippen molar-refractivity contribution in [2.24, 2.45) is 5.41 Å². The molecular formula is C9H15NO2S. The van der Waals surface area contributed by atoms with E-state index in [-0.39, 0.29) is 16.9 Å². The molecule has 74 valence electrons. The lowest BCUT2D eigenvalue weighted by Gasteiger charge is -2.31. The van der Waals surface area contributed by atoms with Crippen molar-refractivity contribution < 1.29 is 9.53 Å². The maximum absolute atomic E-state index is 11.4. The van der Waals surface area contributed by atoms with E-state index in [1.807, 2.05) is 16.7 Å². The molecule has 2 aliphatic heterocycles. The Morgan fingerprint density at radius 3 is 2.85 bits per heavy atom. The quantitative estimate of drug-likeness (QED) is 0.599. The molecule has 2 fully saturated rings. The Hall–Kier alpha value is -0.380. The number of hydrogen-bond acceptors (Lipinski definition) is 3. The van der Waals surface area contributed by atoms with Crippen LogP contribution in [0.1, 0.15) is 20.8 Å². The molecule has 2 saturated heterocycles. The monoisotopic (exact) mass is 201 g/mol. The summed E-state index contributed by atoms with van der Waals surface area (Å²) in [6.07, 6.45) is -0.130. The zero-order valence-electron chi connectivity index (χ0n) is 8.24. The van der Waals surface area contributed by atoms with Gasteiger partial charge < -0.3 is 4.74 Å². The zero-order chi connectivity index (χ0) is 9.64. The molecule has 2 rings (SSSR count). The minimum atomic E-state index is -0.130. The summed E-state index contributed by atoms with van der Waals surface area (Å²) >= 11 is 1.87. The minimum absolute atomic E-state index is 0.130. The summed E-state index contributed by atoms with van der Waals surface area (Å²) in [5.41, 5.74) is 0.142. The lowest BCUT2D eigenvalue weighted by molar-refractivity contribution is 0.140. The van der Waals surface area contributed by atoms with Gasteiger partial charge in [-0.15, -0.1) is 11.8 Å². The number of amides is 1. The molecular weight excluding hydrogens is 186 g/mol. The van der Waals surface area contributed by atoms with Gasteiger partial charge in [0.05, 0.1) is 11.4 Å². The van der Waals surface area contributed by atoms with Gasteiger partial charge in [-0.3, -0.25) is 4.90 Å². The Morgan fingerprint density at radius 2 is 2.23 bits per heavy atom. The van der Waals surface area contributed by atoms with Crippen molar-refractivity contribution in [3.8, 4) is 0 Å². The van der Waals surface area contributed by atoms with Crippen molar-refractivity contribution in [1.29, 1.82) is 0 Å². The standard InChI is InChI=1S/C9H15NO2S/c1-9(2,3)7-10-6(5-13-7)4-12-8(10)11/h6-7H,4-5H2,1-3H3/t6-,7+/m1/s1. The molecule has 0 unspecified atom stereocenters. The van der Waals surface area contributed by atoms with Crippen molar-refractivity contribution in [3.63, 3.8) is 0 Å². The van der Waals surface area contributed by atoms with Crippen LogP contribution >= 0.6 is 11.8 Å². The topological polar surface area (TPSA) is 29.5 Å². The summed E-state index contributed by atoms with van der Waals surface area (Å²) in [4.78, 5) is 13.3. The highest BCUT2D eigenvalue weighted by Gasteiger charge is 2.48. The highest BCUT2D eigenvalue weighted by atomic mass is 32.2. The van der Waals surface area contributed by atoms with Crippen molar-refractivity contribution in [2.45, 2.75) is 32.2 Å². The van der Waals surface area contributed by atoms with Crippen LogP contribution in [0.25, 0.3) is 0 Å². The van der Waals surface area contributed by atoms with Gasteiger partial charge in [0, 0.05) is 5.75 Å². The third-order valence-electron chi connectivity index (χ3n) is 2.44. The first kappa shape index (κ1) is 9.19. The van der Waals surface area contributed by atoms with Gasteiger partial charge in [0.25, 0.3) is 0 Å². The number of carbonyl (C=O) groups excluding carboxylic acids is 1. The molecule has 0 N–H and O–H groups in total. The Kier molecular flexibility index (Phi) is 1.98. The van der Waals surface area contributed by atoms with Crippen LogP contribution in [0.5, 0.6) is 0 Å². The maximum atomic E-state index is 11.4. The predicted octanol–water partition coefficient (Wildman–Crippen LogP) is 1.93. The molecule has 0 aromatic carbocycles. The van der Waals surface area contributed by atoms with Crippen LogP contribution in [0.15, 0.2) is 0 Å². The van der Waals surface area contributed by atoms with E-state index in [9.17, 15) is 4.79 Å². The third kappa shape index (κ3) is 1.41. The second kappa shape index (κ2) is 2.80. The molecule has 0 bridgehead atoms. The first-order chi connectivity index (χ1) is 6.00. The fourth-order valence-electron chi connectivity index (χ4n) is 1.84. The average molecular weight is 201 g/mol. The van der Waals surface area contributed by atoms with E-state index in [0.29, 0.717) is 12.6 Å². The van der Waals surface area contributed by atoms with Gasteiger partial charge in [-0.2, -0.15) is 0 Å². The summed E-state index contributed by atoms with van der Waals surface area (Å²) in [6.45, 7) is 7.08. The third-order valence-corrected chi connectivity index (χ3v) is 4.27. The van der Waals surface area contributed by atoms with Gasteiger partial charge in [0.15, 0.2) is 0 Å². The van der Waals surface area contributed by atoms with Crippen molar-refractivity contribution in [1.82, 2.24) is 4.90 Å². The Morgan fingerprint density at radius 1 is 1.54 bits per heavy atom. The summed E-state index contributed by atoms with van der Waals surface area (Å²) in [5, 5.41) is 0.285. The normalized spacial score (nSPS) is 33.5. The van der Waals surface area contributed by atoms with E-state index in [1.54, 1.807) is 0 Å². The smallest absolute Gasteiger partial charge is 0.411 e.